The van der Waals surface area contributed by atoms with E-state index in [4.69, 9.17) is 16.3 Å². The van der Waals surface area contributed by atoms with Gasteiger partial charge in [-0.3, -0.25) is 14.5 Å². The number of halogens is 1. The summed E-state index contributed by atoms with van der Waals surface area (Å²) < 4.78 is 5.37. The highest BCUT2D eigenvalue weighted by atomic mass is 35.5. The van der Waals surface area contributed by atoms with Crippen LogP contribution in [0.2, 0.25) is 5.02 Å². The zero-order chi connectivity index (χ0) is 23.3. The Bertz CT molecular complexity index is 999. The largest absolute Gasteiger partial charge is 0.496 e. The molecule has 1 aliphatic heterocycles. The van der Waals surface area contributed by atoms with Crippen molar-refractivity contribution in [1.82, 2.24) is 15.5 Å². The van der Waals surface area contributed by atoms with Crippen LogP contribution in [0.15, 0.2) is 47.4 Å². The maximum Gasteiger partial charge on any atom is 0.325 e. The van der Waals surface area contributed by atoms with E-state index < -0.39 is 17.9 Å². The lowest BCUT2D eigenvalue weighted by atomic mass is 9.97. The molecule has 3 rings (SSSR count). The van der Waals surface area contributed by atoms with E-state index in [2.05, 4.69) is 23.3 Å². The molecule has 0 radical (unpaired) electrons. The predicted molar refractivity (Wildman–Crippen MR) is 125 cm³/mol. The first kappa shape index (κ1) is 23.9. The van der Waals surface area contributed by atoms with Crippen LogP contribution in [-0.4, -0.2) is 42.9 Å². The lowest BCUT2D eigenvalue weighted by Gasteiger charge is -2.25. The molecule has 9 heteroatoms. The Morgan fingerprint density at radius 2 is 2.00 bits per heavy atom. The molecular weight excluding hydrogens is 450 g/mol. The average molecular weight is 476 g/mol. The average Bonchev–Trinajstić information content (AvgIpc) is 2.92. The maximum atomic E-state index is 13.3. The number of rotatable bonds is 6. The van der Waals surface area contributed by atoms with E-state index >= 15 is 0 Å². The van der Waals surface area contributed by atoms with Gasteiger partial charge in [-0.2, -0.15) is 0 Å². The third-order valence-electron chi connectivity index (χ3n) is 5.42. The molecule has 2 aromatic rings. The molecule has 7 nitrogen and oxygen atoms in total. The van der Waals surface area contributed by atoms with Crippen molar-refractivity contribution < 1.29 is 19.1 Å². The molecular formula is C23H26ClN3O4S. The fourth-order valence-corrected chi connectivity index (χ4v) is 4.02. The summed E-state index contributed by atoms with van der Waals surface area (Å²) >= 11 is 10.4. The lowest BCUT2D eigenvalue weighted by molar-refractivity contribution is -0.133. The van der Waals surface area contributed by atoms with Crippen LogP contribution in [0.5, 0.6) is 5.75 Å². The normalized spacial score (nSPS) is 17.4. The van der Waals surface area contributed by atoms with Crippen molar-refractivity contribution in [3.63, 3.8) is 0 Å². The fourth-order valence-electron chi connectivity index (χ4n) is 3.68. The molecule has 170 valence electrons. The number of nitrogens with zero attached hydrogens (tertiary/aromatic N) is 1. The third-order valence-corrected chi connectivity index (χ3v) is 5.95. The van der Waals surface area contributed by atoms with Crippen molar-refractivity contribution in [2.45, 2.75) is 30.7 Å². The summed E-state index contributed by atoms with van der Waals surface area (Å²) in [6.45, 7) is 1.72. The second kappa shape index (κ2) is 10.7. The predicted octanol–water partition coefficient (Wildman–Crippen LogP) is 3.62. The van der Waals surface area contributed by atoms with E-state index in [0.29, 0.717) is 17.2 Å². The number of amides is 4. The van der Waals surface area contributed by atoms with Gasteiger partial charge in [-0.25, -0.2) is 4.79 Å². The number of nitrogens with one attached hydrogen (secondary N) is 2. The van der Waals surface area contributed by atoms with Crippen LogP contribution < -0.4 is 15.4 Å². The zero-order valence-electron chi connectivity index (χ0n) is 17.9. The van der Waals surface area contributed by atoms with Gasteiger partial charge < -0.3 is 15.4 Å². The van der Waals surface area contributed by atoms with Crippen molar-refractivity contribution >= 4 is 42.1 Å². The van der Waals surface area contributed by atoms with Gasteiger partial charge in [-0.05, 0) is 54.3 Å². The number of thiol groups is 1. The summed E-state index contributed by atoms with van der Waals surface area (Å²) in [6, 6.07) is 11.7. The molecule has 2 N–H and O–H groups in total. The number of carbonyl (C=O) groups is 3. The summed E-state index contributed by atoms with van der Waals surface area (Å²) in [5, 5.41) is 6.12. The third kappa shape index (κ3) is 5.75. The first-order chi connectivity index (χ1) is 15.3. The summed E-state index contributed by atoms with van der Waals surface area (Å²) in [5.74, 6) is -0.861. The van der Waals surface area contributed by atoms with Crippen molar-refractivity contribution in [1.29, 1.82) is 0 Å². The van der Waals surface area contributed by atoms with Crippen molar-refractivity contribution in [3.8, 4) is 5.75 Å². The molecule has 0 aromatic heterocycles. The number of methoxy groups -OCH3 is 1. The number of hydrogen-bond acceptors (Lipinski definition) is 5. The SMILES string of the molecule is CC[C@@H](NC(=O)N1CC(=O)NC[C@@H](Cc2cc(Cl)ccc2OC)C1=O)c1ccc(S)cc1. The highest BCUT2D eigenvalue weighted by molar-refractivity contribution is 7.80. The quantitative estimate of drug-likeness (QED) is 0.557. The molecule has 1 aliphatic rings. The number of ether oxygens (including phenoxy) is 1. The second-order valence-electron chi connectivity index (χ2n) is 7.59. The molecule has 0 spiro atoms. The number of imide groups is 1. The molecule has 1 heterocycles. The van der Waals surface area contributed by atoms with Crippen LogP contribution in [0.25, 0.3) is 0 Å². The van der Waals surface area contributed by atoms with Gasteiger partial charge in [-0.15, -0.1) is 12.6 Å². The molecule has 0 saturated carbocycles. The highest BCUT2D eigenvalue weighted by Crippen LogP contribution is 2.26. The van der Waals surface area contributed by atoms with Gasteiger partial charge in [0.05, 0.1) is 19.1 Å². The Balaban J connectivity index is 1.79. The number of urea groups is 1. The van der Waals surface area contributed by atoms with Crippen LogP contribution in [-0.2, 0) is 16.0 Å². The topological polar surface area (TPSA) is 87.7 Å². The van der Waals surface area contributed by atoms with E-state index in [-0.39, 0.29) is 31.5 Å². The van der Waals surface area contributed by atoms with Gasteiger partial charge in [0, 0.05) is 16.5 Å². The minimum atomic E-state index is -0.636. The standard InChI is InChI=1S/C23H26ClN3O4S/c1-3-19(14-4-7-18(32)8-5-14)26-23(30)27-13-21(28)25-12-16(22(27)29)10-15-11-17(24)6-9-20(15)31-2/h4-9,11,16,19,32H,3,10,12-13H2,1-2H3,(H,25,28)(H,26,30)/t16-,19-/m1/s1. The van der Waals surface area contributed by atoms with Gasteiger partial charge in [0.25, 0.3) is 0 Å². The molecule has 2 aromatic carbocycles. The minimum Gasteiger partial charge on any atom is -0.496 e. The number of carbonyl (C=O) groups excluding carboxylic acids is 3. The van der Waals surface area contributed by atoms with Gasteiger partial charge in [0.1, 0.15) is 12.3 Å². The van der Waals surface area contributed by atoms with Gasteiger partial charge in [0.15, 0.2) is 0 Å². The van der Waals surface area contributed by atoms with Gasteiger partial charge >= 0.3 is 6.03 Å². The monoisotopic (exact) mass is 475 g/mol. The molecule has 1 saturated heterocycles. The van der Waals surface area contributed by atoms with Crippen LogP contribution in [0.4, 0.5) is 4.79 Å². The Hall–Kier alpha value is -2.71. The van der Waals surface area contributed by atoms with E-state index in [9.17, 15) is 14.4 Å². The Kier molecular flexibility index (Phi) is 8.04. The summed E-state index contributed by atoms with van der Waals surface area (Å²) in [7, 11) is 1.54. The Labute approximate surface area is 197 Å². The summed E-state index contributed by atoms with van der Waals surface area (Å²) in [5.41, 5.74) is 1.62. The maximum absolute atomic E-state index is 13.3. The molecule has 4 amide bonds. The molecule has 0 bridgehead atoms. The molecule has 0 unspecified atom stereocenters. The van der Waals surface area contributed by atoms with Crippen LogP contribution in [0, 0.1) is 5.92 Å². The van der Waals surface area contributed by atoms with Gasteiger partial charge in [0.2, 0.25) is 11.8 Å². The van der Waals surface area contributed by atoms with E-state index in [1.54, 1.807) is 18.2 Å². The van der Waals surface area contributed by atoms with Crippen molar-refractivity contribution in [3.05, 3.63) is 58.6 Å². The minimum absolute atomic E-state index is 0.123. The van der Waals surface area contributed by atoms with Crippen LogP contribution in [0.3, 0.4) is 0 Å². The van der Waals surface area contributed by atoms with Crippen LogP contribution in [0.1, 0.15) is 30.5 Å². The first-order valence-corrected chi connectivity index (χ1v) is 11.1. The fraction of sp³-hybridized carbons (Fsp3) is 0.348. The smallest absolute Gasteiger partial charge is 0.325 e. The molecule has 1 fully saturated rings. The molecule has 32 heavy (non-hydrogen) atoms. The van der Waals surface area contributed by atoms with Crippen molar-refractivity contribution in [2.75, 3.05) is 20.2 Å². The van der Waals surface area contributed by atoms with Gasteiger partial charge in [-0.1, -0.05) is 30.7 Å². The number of hydrogen-bond donors (Lipinski definition) is 3. The summed E-state index contributed by atoms with van der Waals surface area (Å²) in [4.78, 5) is 40.3. The lowest BCUT2D eigenvalue weighted by Crippen LogP contribution is -2.48. The highest BCUT2D eigenvalue weighted by Gasteiger charge is 2.35. The number of benzene rings is 2. The second-order valence-corrected chi connectivity index (χ2v) is 8.54. The van der Waals surface area contributed by atoms with E-state index in [1.165, 1.54) is 7.11 Å². The zero-order valence-corrected chi connectivity index (χ0v) is 19.6. The summed E-state index contributed by atoms with van der Waals surface area (Å²) in [6.07, 6.45) is 0.891. The van der Waals surface area contributed by atoms with Crippen molar-refractivity contribution in [2.24, 2.45) is 5.92 Å². The Morgan fingerprint density at radius 1 is 1.28 bits per heavy atom. The molecule has 0 aliphatic carbocycles. The van der Waals surface area contributed by atoms with E-state index in [1.807, 2.05) is 31.2 Å². The van der Waals surface area contributed by atoms with E-state index in [0.717, 1.165) is 20.9 Å². The Morgan fingerprint density at radius 3 is 2.66 bits per heavy atom. The van der Waals surface area contributed by atoms with Crippen LogP contribution >= 0.6 is 24.2 Å². The molecule has 2 atom stereocenters. The first-order valence-electron chi connectivity index (χ1n) is 10.3.